The van der Waals surface area contributed by atoms with Crippen molar-refractivity contribution in [1.82, 2.24) is 9.80 Å². The van der Waals surface area contributed by atoms with E-state index >= 15 is 0 Å². The van der Waals surface area contributed by atoms with Crippen LogP contribution in [-0.2, 0) is 11.3 Å². The Morgan fingerprint density at radius 1 is 1.15 bits per heavy atom. The van der Waals surface area contributed by atoms with Gasteiger partial charge in [0.1, 0.15) is 0 Å². The summed E-state index contributed by atoms with van der Waals surface area (Å²) in [5.41, 5.74) is 2.54. The van der Waals surface area contributed by atoms with Gasteiger partial charge in [0, 0.05) is 13.1 Å². The Hall–Kier alpha value is -1.39. The van der Waals surface area contributed by atoms with Crippen molar-refractivity contribution in [3.63, 3.8) is 0 Å². The zero-order chi connectivity index (χ0) is 15.0. The summed E-state index contributed by atoms with van der Waals surface area (Å²) in [7, 11) is 4.12. The number of aryl methyl sites for hydroxylation is 1. The fourth-order valence-electron chi connectivity index (χ4n) is 2.16. The van der Waals surface area contributed by atoms with Gasteiger partial charge in [-0.25, -0.2) is 0 Å². The molecule has 0 spiro atoms. The number of benzene rings is 1. The van der Waals surface area contributed by atoms with Crippen LogP contribution in [0.5, 0.6) is 0 Å². The minimum atomic E-state index is -0.729. The second-order valence-corrected chi connectivity index (χ2v) is 5.50. The number of carboxylic acids is 1. The van der Waals surface area contributed by atoms with Gasteiger partial charge in [-0.3, -0.25) is 9.69 Å². The fraction of sp³-hybridized carbons (Fsp3) is 0.562. The highest BCUT2D eigenvalue weighted by Crippen LogP contribution is 2.11. The van der Waals surface area contributed by atoms with Crippen LogP contribution in [0.1, 0.15) is 24.0 Å². The highest BCUT2D eigenvalue weighted by molar-refractivity contribution is 5.66. The van der Waals surface area contributed by atoms with Crippen molar-refractivity contribution in [2.75, 3.05) is 33.7 Å². The summed E-state index contributed by atoms with van der Waals surface area (Å²) in [6.45, 7) is 5.49. The maximum Gasteiger partial charge on any atom is 0.304 e. The molecule has 0 aliphatic rings. The van der Waals surface area contributed by atoms with Crippen molar-refractivity contribution in [2.24, 2.45) is 0 Å². The van der Waals surface area contributed by atoms with Crippen LogP contribution < -0.4 is 0 Å². The van der Waals surface area contributed by atoms with Crippen LogP contribution in [0, 0.1) is 6.92 Å². The third-order valence-electron chi connectivity index (χ3n) is 3.38. The van der Waals surface area contributed by atoms with Crippen molar-refractivity contribution >= 4 is 5.97 Å². The smallest absolute Gasteiger partial charge is 0.304 e. The lowest BCUT2D eigenvalue weighted by Gasteiger charge is -2.23. The molecule has 0 atom stereocenters. The van der Waals surface area contributed by atoms with Gasteiger partial charge in [0.05, 0.1) is 6.42 Å². The van der Waals surface area contributed by atoms with E-state index in [1.54, 1.807) is 0 Å². The molecule has 1 rings (SSSR count). The Labute approximate surface area is 122 Å². The van der Waals surface area contributed by atoms with Crippen LogP contribution in [0.4, 0.5) is 0 Å². The Bertz CT molecular complexity index is 419. The van der Waals surface area contributed by atoms with Gasteiger partial charge in [-0.15, -0.1) is 0 Å². The molecule has 4 heteroatoms. The van der Waals surface area contributed by atoms with E-state index in [-0.39, 0.29) is 6.42 Å². The highest BCUT2D eigenvalue weighted by Gasteiger charge is 2.09. The van der Waals surface area contributed by atoms with Gasteiger partial charge in [0.2, 0.25) is 0 Å². The van der Waals surface area contributed by atoms with E-state index in [9.17, 15) is 4.79 Å². The van der Waals surface area contributed by atoms with E-state index in [1.165, 1.54) is 11.1 Å². The van der Waals surface area contributed by atoms with Crippen molar-refractivity contribution in [3.05, 3.63) is 35.4 Å². The molecule has 0 saturated carbocycles. The van der Waals surface area contributed by atoms with E-state index in [2.05, 4.69) is 43.0 Å². The third kappa shape index (κ3) is 6.68. The minimum Gasteiger partial charge on any atom is -0.481 e. The molecule has 0 aromatic heterocycles. The predicted molar refractivity (Wildman–Crippen MR) is 81.9 cm³/mol. The molecule has 112 valence electrons. The summed E-state index contributed by atoms with van der Waals surface area (Å²) in [5, 5.41) is 8.86. The monoisotopic (exact) mass is 278 g/mol. The van der Waals surface area contributed by atoms with Crippen LogP contribution in [-0.4, -0.2) is 54.6 Å². The van der Waals surface area contributed by atoms with Gasteiger partial charge in [0.15, 0.2) is 0 Å². The van der Waals surface area contributed by atoms with E-state index in [1.807, 2.05) is 12.1 Å². The largest absolute Gasteiger partial charge is 0.481 e. The van der Waals surface area contributed by atoms with Gasteiger partial charge >= 0.3 is 5.97 Å². The maximum absolute atomic E-state index is 10.8. The van der Waals surface area contributed by atoms with Crippen molar-refractivity contribution < 1.29 is 9.90 Å². The minimum absolute atomic E-state index is 0.202. The second-order valence-electron chi connectivity index (χ2n) is 5.50. The quantitative estimate of drug-likeness (QED) is 0.752. The lowest BCUT2D eigenvalue weighted by molar-refractivity contribution is -0.137. The molecule has 0 amide bonds. The van der Waals surface area contributed by atoms with Crippen LogP contribution in [0.15, 0.2) is 24.3 Å². The molecule has 0 bridgehead atoms. The lowest BCUT2D eigenvalue weighted by Crippen LogP contribution is -2.29. The van der Waals surface area contributed by atoms with E-state index in [0.29, 0.717) is 6.54 Å². The number of aliphatic carboxylic acids is 1. The Morgan fingerprint density at radius 2 is 1.85 bits per heavy atom. The van der Waals surface area contributed by atoms with Gasteiger partial charge in [-0.1, -0.05) is 24.3 Å². The van der Waals surface area contributed by atoms with Gasteiger partial charge < -0.3 is 10.0 Å². The molecule has 0 radical (unpaired) electrons. The van der Waals surface area contributed by atoms with Crippen molar-refractivity contribution in [1.29, 1.82) is 0 Å². The number of carbonyl (C=O) groups is 1. The molecule has 0 unspecified atom stereocenters. The standard InChI is InChI=1S/C16H26N2O2/c1-14-7-4-5-8-15(14)13-18(12-9-16(19)20)11-6-10-17(2)3/h4-5,7-8H,6,9-13H2,1-3H3,(H,19,20). The fourth-order valence-corrected chi connectivity index (χ4v) is 2.16. The average molecular weight is 278 g/mol. The zero-order valence-corrected chi connectivity index (χ0v) is 12.8. The zero-order valence-electron chi connectivity index (χ0n) is 12.8. The first-order valence-corrected chi connectivity index (χ1v) is 7.12. The number of carboxylic acid groups (broad SMARTS) is 1. The summed E-state index contributed by atoms with van der Waals surface area (Å²) in [4.78, 5) is 15.2. The molecule has 1 aromatic carbocycles. The van der Waals surface area contributed by atoms with Gasteiger partial charge in [-0.05, 0) is 51.7 Å². The van der Waals surface area contributed by atoms with E-state index in [0.717, 1.165) is 26.1 Å². The molecule has 0 aliphatic heterocycles. The summed E-state index contributed by atoms with van der Waals surface area (Å²) in [6.07, 6.45) is 1.26. The molecular formula is C16H26N2O2. The van der Waals surface area contributed by atoms with Crippen LogP contribution >= 0.6 is 0 Å². The SMILES string of the molecule is Cc1ccccc1CN(CCCN(C)C)CCC(=O)O. The molecule has 1 aromatic rings. The van der Waals surface area contributed by atoms with Crippen molar-refractivity contribution in [3.8, 4) is 0 Å². The van der Waals surface area contributed by atoms with Crippen LogP contribution in [0.2, 0.25) is 0 Å². The summed E-state index contributed by atoms with van der Waals surface area (Å²) >= 11 is 0. The first-order valence-electron chi connectivity index (χ1n) is 7.12. The molecule has 0 heterocycles. The molecule has 4 nitrogen and oxygen atoms in total. The normalized spacial score (nSPS) is 11.2. The molecule has 1 N–H and O–H groups in total. The highest BCUT2D eigenvalue weighted by atomic mass is 16.4. The van der Waals surface area contributed by atoms with Crippen LogP contribution in [0.3, 0.4) is 0 Å². The molecule has 0 aliphatic carbocycles. The molecule has 0 saturated heterocycles. The van der Waals surface area contributed by atoms with E-state index in [4.69, 9.17) is 5.11 Å². The third-order valence-corrected chi connectivity index (χ3v) is 3.38. The Morgan fingerprint density at radius 3 is 2.45 bits per heavy atom. The first-order chi connectivity index (χ1) is 9.49. The van der Waals surface area contributed by atoms with Crippen LogP contribution in [0.25, 0.3) is 0 Å². The summed E-state index contributed by atoms with van der Waals surface area (Å²) in [5.74, 6) is -0.729. The Kier molecular flexibility index (Phi) is 7.26. The molecule has 20 heavy (non-hydrogen) atoms. The Balaban J connectivity index is 2.57. The number of nitrogens with zero attached hydrogens (tertiary/aromatic N) is 2. The number of hydrogen-bond donors (Lipinski definition) is 1. The topological polar surface area (TPSA) is 43.8 Å². The molecular weight excluding hydrogens is 252 g/mol. The second kappa shape index (κ2) is 8.72. The maximum atomic E-state index is 10.8. The summed E-state index contributed by atoms with van der Waals surface area (Å²) < 4.78 is 0. The lowest BCUT2D eigenvalue weighted by atomic mass is 10.1. The van der Waals surface area contributed by atoms with Gasteiger partial charge in [-0.2, -0.15) is 0 Å². The molecule has 0 fully saturated rings. The number of rotatable bonds is 9. The summed E-state index contributed by atoms with van der Waals surface area (Å²) in [6, 6.07) is 8.30. The van der Waals surface area contributed by atoms with Crippen molar-refractivity contribution in [2.45, 2.75) is 26.3 Å². The first kappa shape index (κ1) is 16.7. The number of hydrogen-bond acceptors (Lipinski definition) is 3. The predicted octanol–water partition coefficient (Wildman–Crippen LogP) is 2.22. The van der Waals surface area contributed by atoms with Gasteiger partial charge in [0.25, 0.3) is 0 Å². The average Bonchev–Trinajstić information content (AvgIpc) is 2.37. The van der Waals surface area contributed by atoms with E-state index < -0.39 is 5.97 Å².